The fourth-order valence-electron chi connectivity index (χ4n) is 2.19. The average Bonchev–Trinajstić information content (AvgIpc) is 2.81. The number of anilines is 1. The minimum Gasteiger partial charge on any atom is -0.346 e. The van der Waals surface area contributed by atoms with Gasteiger partial charge in [-0.2, -0.15) is 13.2 Å². The number of pyridine rings is 1. The summed E-state index contributed by atoms with van der Waals surface area (Å²) in [7, 11) is 0. The van der Waals surface area contributed by atoms with Crippen LogP contribution in [0.2, 0.25) is 5.02 Å². The first-order valence-corrected chi connectivity index (χ1v) is 7.08. The molecule has 2 aromatic rings. The van der Waals surface area contributed by atoms with E-state index in [-0.39, 0.29) is 18.9 Å². The summed E-state index contributed by atoms with van der Waals surface area (Å²) < 4.78 is 40.1. The highest BCUT2D eigenvalue weighted by molar-refractivity contribution is 9.10. The van der Waals surface area contributed by atoms with Gasteiger partial charge in [0.05, 0.1) is 16.0 Å². The summed E-state index contributed by atoms with van der Waals surface area (Å²) in [5.74, 6) is -0.0836. The molecule has 21 heavy (non-hydrogen) atoms. The molecule has 0 bridgehead atoms. The van der Waals surface area contributed by atoms with E-state index in [0.717, 1.165) is 4.57 Å². The number of halogens is 5. The van der Waals surface area contributed by atoms with Crippen molar-refractivity contribution in [1.29, 1.82) is 0 Å². The Morgan fingerprint density at radius 2 is 2.00 bits per heavy atom. The Balaban J connectivity index is 1.90. The molecule has 3 rings (SSSR count). The minimum absolute atomic E-state index is 0.147. The van der Waals surface area contributed by atoms with Gasteiger partial charge in [-0.1, -0.05) is 11.6 Å². The van der Waals surface area contributed by atoms with Crippen molar-refractivity contribution in [2.24, 2.45) is 0 Å². The fraction of sp³-hybridized carbons (Fsp3) is 0.364. The summed E-state index contributed by atoms with van der Waals surface area (Å²) in [6.07, 6.45) is -3.01. The Hall–Kier alpha value is -1.35. The van der Waals surface area contributed by atoms with E-state index in [4.69, 9.17) is 11.6 Å². The maximum absolute atomic E-state index is 12.8. The summed E-state index contributed by atoms with van der Waals surface area (Å²) in [5.41, 5.74) is 0. The molecular formula is C11H8BrClF3N5. The van der Waals surface area contributed by atoms with Gasteiger partial charge in [-0.15, -0.1) is 10.2 Å². The molecule has 0 fully saturated rings. The molecule has 3 heterocycles. The first-order chi connectivity index (χ1) is 9.86. The van der Waals surface area contributed by atoms with Gasteiger partial charge in [0.25, 0.3) is 0 Å². The van der Waals surface area contributed by atoms with E-state index in [2.05, 4.69) is 31.1 Å². The van der Waals surface area contributed by atoms with Crippen LogP contribution in [0.5, 0.6) is 0 Å². The van der Waals surface area contributed by atoms with Crippen molar-refractivity contribution in [3.8, 4) is 0 Å². The van der Waals surface area contributed by atoms with Crippen LogP contribution in [0.4, 0.5) is 19.0 Å². The molecule has 0 N–H and O–H groups in total. The molecule has 0 radical (unpaired) electrons. The normalized spacial score (nSPS) is 15.2. The Morgan fingerprint density at radius 1 is 1.24 bits per heavy atom. The second-order valence-electron chi connectivity index (χ2n) is 4.47. The van der Waals surface area contributed by atoms with Crippen LogP contribution in [-0.4, -0.2) is 26.3 Å². The third-order valence-electron chi connectivity index (χ3n) is 3.09. The molecule has 2 aromatic heterocycles. The molecule has 1 aliphatic rings. The van der Waals surface area contributed by atoms with E-state index >= 15 is 0 Å². The number of rotatable bonds is 1. The van der Waals surface area contributed by atoms with Crippen LogP contribution >= 0.6 is 27.5 Å². The average molecular weight is 383 g/mol. The molecule has 112 valence electrons. The van der Waals surface area contributed by atoms with E-state index in [9.17, 15) is 13.2 Å². The smallest absolute Gasteiger partial charge is 0.346 e. The molecular weight excluding hydrogens is 375 g/mol. The monoisotopic (exact) mass is 381 g/mol. The zero-order valence-electron chi connectivity index (χ0n) is 10.4. The van der Waals surface area contributed by atoms with E-state index in [1.165, 1.54) is 6.20 Å². The lowest BCUT2D eigenvalue weighted by Crippen LogP contribution is -2.36. The molecule has 0 saturated carbocycles. The number of fused-ring (bicyclic) bond motifs is 1. The van der Waals surface area contributed by atoms with Crippen LogP contribution in [0, 0.1) is 0 Å². The quantitative estimate of drug-likeness (QED) is 0.760. The van der Waals surface area contributed by atoms with Crippen LogP contribution in [0.15, 0.2) is 16.7 Å². The second-order valence-corrected chi connectivity index (χ2v) is 5.76. The highest BCUT2D eigenvalue weighted by Gasteiger charge is 2.39. The Labute approximate surface area is 130 Å². The molecule has 0 saturated heterocycles. The standard InChI is InChI=1S/C11H8BrClF3N5/c12-7-3-6(13)4-17-9(7)20-1-2-21-8(5-20)18-19-10(21)11(14,15)16/h3-4H,1-2,5H2. The van der Waals surface area contributed by atoms with Crippen molar-refractivity contribution in [3.63, 3.8) is 0 Å². The molecule has 0 aliphatic carbocycles. The van der Waals surface area contributed by atoms with Crippen LogP contribution in [0.3, 0.4) is 0 Å². The predicted octanol–water partition coefficient (Wildman–Crippen LogP) is 3.13. The number of alkyl halides is 3. The largest absolute Gasteiger partial charge is 0.451 e. The zero-order valence-corrected chi connectivity index (χ0v) is 12.7. The van der Waals surface area contributed by atoms with Gasteiger partial charge in [0, 0.05) is 19.3 Å². The van der Waals surface area contributed by atoms with E-state index in [0.29, 0.717) is 21.9 Å². The maximum Gasteiger partial charge on any atom is 0.451 e. The highest BCUT2D eigenvalue weighted by atomic mass is 79.9. The number of nitrogens with zero attached hydrogens (tertiary/aromatic N) is 5. The van der Waals surface area contributed by atoms with Crippen molar-refractivity contribution in [2.75, 3.05) is 11.4 Å². The van der Waals surface area contributed by atoms with Crippen LogP contribution in [-0.2, 0) is 19.3 Å². The van der Waals surface area contributed by atoms with Crippen molar-refractivity contribution >= 4 is 33.3 Å². The Bertz CT molecular complexity index is 687. The third-order valence-corrected chi connectivity index (χ3v) is 3.88. The topological polar surface area (TPSA) is 46.8 Å². The van der Waals surface area contributed by atoms with Gasteiger partial charge in [-0.3, -0.25) is 0 Å². The number of aromatic nitrogens is 4. The van der Waals surface area contributed by atoms with E-state index in [1.54, 1.807) is 6.07 Å². The van der Waals surface area contributed by atoms with Gasteiger partial charge >= 0.3 is 6.18 Å². The molecule has 0 spiro atoms. The lowest BCUT2D eigenvalue weighted by Gasteiger charge is -2.29. The number of hydrogen-bond acceptors (Lipinski definition) is 4. The van der Waals surface area contributed by atoms with Gasteiger partial charge in [-0.05, 0) is 22.0 Å². The maximum atomic E-state index is 12.8. The van der Waals surface area contributed by atoms with Gasteiger partial charge < -0.3 is 9.47 Å². The summed E-state index contributed by atoms with van der Waals surface area (Å²) in [6.45, 7) is 0.728. The molecule has 0 unspecified atom stereocenters. The van der Waals surface area contributed by atoms with Gasteiger partial charge in [-0.25, -0.2) is 4.98 Å². The second kappa shape index (κ2) is 5.13. The van der Waals surface area contributed by atoms with E-state index in [1.807, 2.05) is 4.90 Å². The van der Waals surface area contributed by atoms with Crippen LogP contribution < -0.4 is 4.90 Å². The first kappa shape index (κ1) is 14.6. The van der Waals surface area contributed by atoms with Crippen LogP contribution in [0.25, 0.3) is 0 Å². The molecule has 0 aromatic carbocycles. The zero-order chi connectivity index (χ0) is 15.2. The highest BCUT2D eigenvalue weighted by Crippen LogP contribution is 2.32. The summed E-state index contributed by atoms with van der Waals surface area (Å²) in [5, 5.41) is 7.35. The Morgan fingerprint density at radius 3 is 2.67 bits per heavy atom. The fourth-order valence-corrected chi connectivity index (χ4v) is 3.08. The van der Waals surface area contributed by atoms with Crippen molar-refractivity contribution in [1.82, 2.24) is 19.7 Å². The molecule has 10 heteroatoms. The van der Waals surface area contributed by atoms with E-state index < -0.39 is 12.0 Å². The lowest BCUT2D eigenvalue weighted by atomic mass is 10.3. The van der Waals surface area contributed by atoms with Gasteiger partial charge in [0.15, 0.2) is 5.82 Å². The summed E-state index contributed by atoms with van der Waals surface area (Å²) >= 11 is 9.18. The predicted molar refractivity (Wildman–Crippen MR) is 73.0 cm³/mol. The molecule has 0 amide bonds. The number of hydrogen-bond donors (Lipinski definition) is 0. The summed E-state index contributed by atoms with van der Waals surface area (Å²) in [4.78, 5) is 6.02. The van der Waals surface area contributed by atoms with Gasteiger partial charge in [0.1, 0.15) is 5.82 Å². The van der Waals surface area contributed by atoms with Gasteiger partial charge in [0.2, 0.25) is 5.82 Å². The van der Waals surface area contributed by atoms with Crippen molar-refractivity contribution < 1.29 is 13.2 Å². The third kappa shape index (κ3) is 2.71. The molecule has 5 nitrogen and oxygen atoms in total. The summed E-state index contributed by atoms with van der Waals surface area (Å²) in [6, 6.07) is 1.68. The lowest BCUT2D eigenvalue weighted by molar-refractivity contribution is -0.147. The molecule has 1 aliphatic heterocycles. The van der Waals surface area contributed by atoms with Crippen molar-refractivity contribution in [2.45, 2.75) is 19.3 Å². The Kier molecular flexibility index (Phi) is 3.56. The van der Waals surface area contributed by atoms with Crippen molar-refractivity contribution in [3.05, 3.63) is 33.4 Å². The van der Waals surface area contributed by atoms with Crippen LogP contribution in [0.1, 0.15) is 11.6 Å². The SMILES string of the molecule is FC(F)(F)c1nnc2n1CCN(c1ncc(Cl)cc1Br)C2. The first-order valence-electron chi connectivity index (χ1n) is 5.91. The minimum atomic E-state index is -4.49. The molecule has 0 atom stereocenters.